The highest BCUT2D eigenvalue weighted by molar-refractivity contribution is 6.10. The van der Waals surface area contributed by atoms with Crippen LogP contribution in [0.3, 0.4) is 0 Å². The number of aromatic nitrogens is 3. The van der Waals surface area contributed by atoms with Gasteiger partial charge in [-0.1, -0.05) is 12.1 Å². The number of amides is 1. The summed E-state index contributed by atoms with van der Waals surface area (Å²) >= 11 is 0. The molecule has 3 N–H and O–H groups in total. The summed E-state index contributed by atoms with van der Waals surface area (Å²) in [6.45, 7) is 7.50. The number of anilines is 1. The van der Waals surface area contributed by atoms with Gasteiger partial charge in [0.1, 0.15) is 22.6 Å². The van der Waals surface area contributed by atoms with E-state index in [1.807, 2.05) is 69.3 Å². The highest BCUT2D eigenvalue weighted by Crippen LogP contribution is 2.27. The topological polar surface area (TPSA) is 117 Å². The van der Waals surface area contributed by atoms with E-state index in [1.54, 1.807) is 6.21 Å². The highest BCUT2D eigenvalue weighted by Gasteiger charge is 2.23. The quantitative estimate of drug-likeness (QED) is 0.265. The van der Waals surface area contributed by atoms with Crippen LogP contribution >= 0.6 is 0 Å². The Balaban J connectivity index is 1.68. The lowest BCUT2D eigenvalue weighted by Crippen LogP contribution is -2.26. The molecule has 0 radical (unpaired) electrons. The second kappa shape index (κ2) is 11.0. The van der Waals surface area contributed by atoms with Gasteiger partial charge in [0.15, 0.2) is 5.65 Å². The molecule has 0 saturated heterocycles. The first-order valence-electron chi connectivity index (χ1n) is 11.7. The average molecular weight is 475 g/mol. The predicted octanol–water partition coefficient (Wildman–Crippen LogP) is 3.99. The zero-order chi connectivity index (χ0) is 24.8. The normalized spacial score (nSPS) is 11.7. The van der Waals surface area contributed by atoms with Crippen molar-refractivity contribution >= 4 is 40.1 Å². The fraction of sp³-hybridized carbons (Fsp3) is 0.308. The summed E-state index contributed by atoms with van der Waals surface area (Å²) in [7, 11) is 0. The first-order chi connectivity index (χ1) is 17.0. The minimum absolute atomic E-state index is 0.149. The smallest absolute Gasteiger partial charge is 0.257 e. The van der Waals surface area contributed by atoms with Crippen LogP contribution in [0.4, 0.5) is 5.82 Å². The fourth-order valence-corrected chi connectivity index (χ4v) is 3.61. The molecule has 0 aliphatic rings. The third kappa shape index (κ3) is 5.58. The summed E-state index contributed by atoms with van der Waals surface area (Å²) in [6, 6.07) is 15.0. The molecule has 0 fully saturated rings. The van der Waals surface area contributed by atoms with E-state index in [1.165, 1.54) is 4.68 Å². The number of nitrogen functional groups attached to an aromatic ring is 1. The number of fused-ring (bicyclic) bond motifs is 2. The third-order valence-electron chi connectivity index (χ3n) is 5.27. The van der Waals surface area contributed by atoms with Gasteiger partial charge >= 0.3 is 0 Å². The van der Waals surface area contributed by atoms with Crippen molar-refractivity contribution < 1.29 is 14.3 Å². The molecule has 0 aliphatic carbocycles. The van der Waals surface area contributed by atoms with Crippen molar-refractivity contribution in [1.29, 1.82) is 0 Å². The number of para-hydroxylation sites is 2. The molecule has 0 saturated carbocycles. The third-order valence-corrected chi connectivity index (χ3v) is 5.27. The molecule has 2 aromatic heterocycles. The zero-order valence-electron chi connectivity index (χ0n) is 20.2. The van der Waals surface area contributed by atoms with E-state index in [-0.39, 0.29) is 23.4 Å². The van der Waals surface area contributed by atoms with Crippen LogP contribution < -0.4 is 15.8 Å². The van der Waals surface area contributed by atoms with E-state index in [2.05, 4.69) is 10.4 Å². The van der Waals surface area contributed by atoms with Gasteiger partial charge in [-0.05, 0) is 69.2 Å². The Labute approximate surface area is 204 Å². The largest absolute Gasteiger partial charge is 0.494 e. The van der Waals surface area contributed by atoms with Crippen LogP contribution in [0.1, 0.15) is 43.1 Å². The second-order valence-corrected chi connectivity index (χ2v) is 8.23. The van der Waals surface area contributed by atoms with E-state index < -0.39 is 0 Å². The van der Waals surface area contributed by atoms with Crippen molar-refractivity contribution in [1.82, 2.24) is 20.0 Å². The van der Waals surface area contributed by atoms with Crippen LogP contribution in [0.5, 0.6) is 5.75 Å². The predicted molar refractivity (Wildman–Crippen MR) is 138 cm³/mol. The van der Waals surface area contributed by atoms with Gasteiger partial charge in [-0.25, -0.2) is 9.97 Å². The number of hydrogen-bond acceptors (Lipinski definition) is 7. The summed E-state index contributed by atoms with van der Waals surface area (Å²) < 4.78 is 12.5. The lowest BCUT2D eigenvalue weighted by Gasteiger charge is -2.08. The summed E-state index contributed by atoms with van der Waals surface area (Å²) in [4.78, 5) is 22.5. The first-order valence-corrected chi connectivity index (χ1v) is 11.7. The maximum Gasteiger partial charge on any atom is 0.257 e. The SMILES string of the molecule is CCOc1ccc(/C=N\n2c(N)c(C(=O)NCCCOC(C)C)c3nc4ccccc4nc32)cc1. The van der Waals surface area contributed by atoms with E-state index in [0.29, 0.717) is 48.4 Å². The molecule has 4 rings (SSSR count). The molecule has 0 bridgehead atoms. The molecule has 35 heavy (non-hydrogen) atoms. The zero-order valence-corrected chi connectivity index (χ0v) is 20.2. The minimum atomic E-state index is -0.323. The van der Waals surface area contributed by atoms with Gasteiger partial charge in [0, 0.05) is 13.2 Å². The molecular formula is C26H30N6O3. The van der Waals surface area contributed by atoms with Crippen LogP contribution in [-0.4, -0.2) is 52.6 Å². The van der Waals surface area contributed by atoms with Crippen LogP contribution in [0.2, 0.25) is 0 Å². The Kier molecular flexibility index (Phi) is 7.57. The molecule has 2 aromatic carbocycles. The maximum atomic E-state index is 13.1. The van der Waals surface area contributed by atoms with Crippen LogP contribution in [-0.2, 0) is 4.74 Å². The fourth-order valence-electron chi connectivity index (χ4n) is 3.61. The van der Waals surface area contributed by atoms with Gasteiger partial charge in [-0.15, -0.1) is 0 Å². The maximum absolute atomic E-state index is 13.1. The number of carbonyl (C=O) groups excluding carboxylic acids is 1. The van der Waals surface area contributed by atoms with E-state index in [0.717, 1.165) is 11.3 Å². The van der Waals surface area contributed by atoms with E-state index in [4.69, 9.17) is 25.2 Å². The van der Waals surface area contributed by atoms with Crippen LogP contribution in [0.25, 0.3) is 22.2 Å². The number of rotatable bonds is 10. The molecule has 0 spiro atoms. The molecule has 9 nitrogen and oxygen atoms in total. The summed E-state index contributed by atoms with van der Waals surface area (Å²) in [5.41, 5.74) is 9.72. The van der Waals surface area contributed by atoms with Crippen molar-refractivity contribution in [2.75, 3.05) is 25.5 Å². The van der Waals surface area contributed by atoms with Crippen molar-refractivity contribution in [3.63, 3.8) is 0 Å². The molecular weight excluding hydrogens is 444 g/mol. The Hall–Kier alpha value is -3.98. The molecule has 9 heteroatoms. The molecule has 2 heterocycles. The van der Waals surface area contributed by atoms with Gasteiger partial charge in [0.05, 0.1) is 30.0 Å². The minimum Gasteiger partial charge on any atom is -0.494 e. The van der Waals surface area contributed by atoms with Gasteiger partial charge in [-0.3, -0.25) is 4.79 Å². The standard InChI is InChI=1S/C26H30N6O3/c1-4-34-19-12-10-18(11-13-19)16-29-32-24(27)22(26(33)28-14-7-15-35-17(2)3)23-25(32)31-21-9-6-5-8-20(21)30-23/h5-6,8-13,16-17H,4,7,14-15,27H2,1-3H3,(H,28,33)/b29-16-. The average Bonchev–Trinajstić information content (AvgIpc) is 3.11. The number of nitrogens with zero attached hydrogens (tertiary/aromatic N) is 4. The number of benzene rings is 2. The number of carbonyl (C=O) groups is 1. The highest BCUT2D eigenvalue weighted by atomic mass is 16.5. The molecule has 0 unspecified atom stereocenters. The van der Waals surface area contributed by atoms with Crippen molar-refractivity contribution in [2.45, 2.75) is 33.3 Å². The number of nitrogens with one attached hydrogen (secondary N) is 1. The lowest BCUT2D eigenvalue weighted by atomic mass is 10.2. The Morgan fingerprint density at radius 2 is 1.86 bits per heavy atom. The molecule has 4 aromatic rings. The summed E-state index contributed by atoms with van der Waals surface area (Å²) in [5.74, 6) is 0.635. The molecule has 0 aliphatic heterocycles. The van der Waals surface area contributed by atoms with Gasteiger partial charge in [-0.2, -0.15) is 9.78 Å². The number of ether oxygens (including phenoxy) is 2. The number of hydrogen-bond donors (Lipinski definition) is 2. The van der Waals surface area contributed by atoms with Crippen molar-refractivity contribution in [3.8, 4) is 5.75 Å². The van der Waals surface area contributed by atoms with Gasteiger partial charge in [0.2, 0.25) is 0 Å². The van der Waals surface area contributed by atoms with Crippen LogP contribution in [0.15, 0.2) is 53.6 Å². The van der Waals surface area contributed by atoms with Crippen LogP contribution in [0, 0.1) is 0 Å². The Morgan fingerprint density at radius 1 is 1.14 bits per heavy atom. The molecule has 182 valence electrons. The van der Waals surface area contributed by atoms with E-state index in [9.17, 15) is 4.79 Å². The summed E-state index contributed by atoms with van der Waals surface area (Å²) in [5, 5.41) is 7.46. The second-order valence-electron chi connectivity index (χ2n) is 8.23. The Morgan fingerprint density at radius 3 is 2.54 bits per heavy atom. The number of nitrogens with two attached hydrogens (primary N) is 1. The lowest BCUT2D eigenvalue weighted by molar-refractivity contribution is 0.0757. The first kappa shape index (κ1) is 24.2. The molecule has 1 amide bonds. The van der Waals surface area contributed by atoms with Crippen molar-refractivity contribution in [2.24, 2.45) is 5.10 Å². The monoisotopic (exact) mass is 474 g/mol. The van der Waals surface area contributed by atoms with Gasteiger partial charge in [0.25, 0.3) is 5.91 Å². The summed E-state index contributed by atoms with van der Waals surface area (Å²) in [6.07, 6.45) is 2.50. The Bertz CT molecular complexity index is 1340. The van der Waals surface area contributed by atoms with Crippen molar-refractivity contribution in [3.05, 3.63) is 59.7 Å². The molecule has 0 atom stereocenters. The van der Waals surface area contributed by atoms with Gasteiger partial charge < -0.3 is 20.5 Å². The van der Waals surface area contributed by atoms with E-state index >= 15 is 0 Å².